The Hall–Kier alpha value is -2.37. The van der Waals surface area contributed by atoms with Crippen molar-refractivity contribution in [1.82, 2.24) is 4.90 Å². The summed E-state index contributed by atoms with van der Waals surface area (Å²) < 4.78 is 0. The maximum Gasteiger partial charge on any atom is 0.0911 e. The molecular formula is C29H40N2. The van der Waals surface area contributed by atoms with Gasteiger partial charge >= 0.3 is 0 Å². The van der Waals surface area contributed by atoms with E-state index in [9.17, 15) is 0 Å². The van der Waals surface area contributed by atoms with Gasteiger partial charge in [-0.2, -0.15) is 5.26 Å². The molecule has 0 saturated heterocycles. The molecule has 2 rings (SSSR count). The van der Waals surface area contributed by atoms with Crippen LogP contribution >= 0.6 is 0 Å². The topological polar surface area (TPSA) is 27.0 Å². The lowest BCUT2D eigenvalue weighted by molar-refractivity contribution is 0.250. The summed E-state index contributed by atoms with van der Waals surface area (Å²) >= 11 is 0. The van der Waals surface area contributed by atoms with Crippen molar-refractivity contribution in [1.29, 1.82) is 5.26 Å². The Morgan fingerprint density at radius 2 is 1.16 bits per heavy atom. The van der Waals surface area contributed by atoms with Crippen LogP contribution in [0.4, 0.5) is 0 Å². The highest BCUT2D eigenvalue weighted by molar-refractivity contribution is 5.17. The first-order valence-corrected chi connectivity index (χ1v) is 12.1. The van der Waals surface area contributed by atoms with E-state index in [4.69, 9.17) is 5.26 Å². The predicted molar refractivity (Wildman–Crippen MR) is 133 cm³/mol. The number of unbranched alkanes of at least 4 members (excludes halogenated alkanes) is 8. The summed E-state index contributed by atoms with van der Waals surface area (Å²) in [5.41, 5.74) is 4.02. The highest BCUT2D eigenvalue weighted by Gasteiger charge is 2.07. The predicted octanol–water partition coefficient (Wildman–Crippen LogP) is 8.06. The molecule has 2 nitrogen and oxygen atoms in total. The van der Waals surface area contributed by atoms with Crippen LogP contribution in [0.15, 0.2) is 72.3 Å². The van der Waals surface area contributed by atoms with Gasteiger partial charge in [0.2, 0.25) is 0 Å². The van der Waals surface area contributed by atoms with Crippen LogP contribution in [-0.2, 0) is 13.1 Å². The summed E-state index contributed by atoms with van der Waals surface area (Å²) in [5, 5.41) is 8.63. The molecule has 0 heterocycles. The molecule has 0 spiro atoms. The molecule has 0 atom stereocenters. The first-order chi connectivity index (χ1) is 15.3. The van der Waals surface area contributed by atoms with Gasteiger partial charge in [0.15, 0.2) is 0 Å². The molecule has 0 fully saturated rings. The normalized spacial score (nSPS) is 11.6. The summed E-state index contributed by atoms with van der Waals surface area (Å²) in [5.74, 6) is 0. The Labute approximate surface area is 190 Å². The lowest BCUT2D eigenvalue weighted by Gasteiger charge is -2.22. The molecular weight excluding hydrogens is 376 g/mol. The third kappa shape index (κ3) is 12.2. The minimum atomic E-state index is 1.03. The number of nitriles is 1. The van der Waals surface area contributed by atoms with Crippen LogP contribution in [0.25, 0.3) is 0 Å². The van der Waals surface area contributed by atoms with Gasteiger partial charge in [0, 0.05) is 19.2 Å². The molecule has 0 aliphatic heterocycles. The standard InChI is InChI=1S/C29H40N2/c1-27(22-23-30)17-11-7-5-3-2-4-6-8-16-24-31(25-28-18-12-9-13-19-28)26-29-20-14-10-15-21-29/h9-10,12-15,18-22H,2-8,11,16-17,24-26H2,1H3/b27-22+. The molecule has 0 bridgehead atoms. The third-order valence-electron chi connectivity index (χ3n) is 5.85. The van der Waals surface area contributed by atoms with Crippen molar-refractivity contribution < 1.29 is 0 Å². The zero-order valence-electron chi connectivity index (χ0n) is 19.4. The minimum Gasteiger partial charge on any atom is -0.295 e. The number of nitrogens with zero attached hydrogens (tertiary/aromatic N) is 2. The van der Waals surface area contributed by atoms with Crippen LogP contribution in [0, 0.1) is 11.3 Å². The van der Waals surface area contributed by atoms with Gasteiger partial charge in [-0.15, -0.1) is 0 Å². The van der Waals surface area contributed by atoms with Crippen molar-refractivity contribution in [3.63, 3.8) is 0 Å². The number of rotatable bonds is 16. The second-order valence-electron chi connectivity index (χ2n) is 8.73. The van der Waals surface area contributed by atoms with E-state index in [1.54, 1.807) is 6.08 Å². The molecule has 0 unspecified atom stereocenters. The van der Waals surface area contributed by atoms with Crippen LogP contribution in [0.3, 0.4) is 0 Å². The summed E-state index contributed by atoms with van der Waals surface area (Å²) in [6.45, 7) is 5.28. The highest BCUT2D eigenvalue weighted by Crippen LogP contribution is 2.15. The average Bonchev–Trinajstić information content (AvgIpc) is 2.79. The van der Waals surface area contributed by atoms with E-state index < -0.39 is 0 Å². The molecule has 0 aromatic heterocycles. The Balaban J connectivity index is 1.57. The third-order valence-corrected chi connectivity index (χ3v) is 5.85. The van der Waals surface area contributed by atoms with E-state index in [2.05, 4.69) is 78.6 Å². The van der Waals surface area contributed by atoms with Gasteiger partial charge in [0.05, 0.1) is 6.07 Å². The maximum atomic E-state index is 8.63. The molecule has 0 aliphatic rings. The molecule has 0 N–H and O–H groups in total. The SMILES string of the molecule is C/C(=C\C#N)CCCCCCCCCCCN(Cc1ccccc1)Cc1ccccc1. The molecule has 31 heavy (non-hydrogen) atoms. The minimum absolute atomic E-state index is 1.03. The van der Waals surface area contributed by atoms with Crippen molar-refractivity contribution in [3.8, 4) is 6.07 Å². The fourth-order valence-electron chi connectivity index (χ4n) is 4.06. The summed E-state index contributed by atoms with van der Waals surface area (Å²) in [6, 6.07) is 23.8. The van der Waals surface area contributed by atoms with E-state index >= 15 is 0 Å². The van der Waals surface area contributed by atoms with Crippen molar-refractivity contribution in [2.45, 2.75) is 84.2 Å². The van der Waals surface area contributed by atoms with Gasteiger partial charge < -0.3 is 0 Å². The number of allylic oxidation sites excluding steroid dienone is 2. The Morgan fingerprint density at radius 3 is 1.65 bits per heavy atom. The molecule has 0 saturated carbocycles. The van der Waals surface area contributed by atoms with Crippen molar-refractivity contribution in [2.24, 2.45) is 0 Å². The van der Waals surface area contributed by atoms with Gasteiger partial charge in [-0.25, -0.2) is 0 Å². The quantitative estimate of drug-likeness (QED) is 0.204. The van der Waals surface area contributed by atoms with E-state index in [-0.39, 0.29) is 0 Å². The summed E-state index contributed by atoms with van der Waals surface area (Å²) in [4.78, 5) is 2.59. The smallest absolute Gasteiger partial charge is 0.0911 e. The maximum absolute atomic E-state index is 8.63. The Morgan fingerprint density at radius 1 is 0.710 bits per heavy atom. The van der Waals surface area contributed by atoms with Crippen LogP contribution in [0.1, 0.15) is 82.3 Å². The molecule has 0 radical (unpaired) electrons. The van der Waals surface area contributed by atoms with E-state index in [0.29, 0.717) is 0 Å². The van der Waals surface area contributed by atoms with Gasteiger partial charge in [0.25, 0.3) is 0 Å². The number of hydrogen-bond donors (Lipinski definition) is 0. The van der Waals surface area contributed by atoms with Gasteiger partial charge in [-0.3, -0.25) is 4.90 Å². The fourth-order valence-corrected chi connectivity index (χ4v) is 4.06. The monoisotopic (exact) mass is 416 g/mol. The molecule has 166 valence electrons. The second-order valence-corrected chi connectivity index (χ2v) is 8.73. The lowest BCUT2D eigenvalue weighted by Crippen LogP contribution is -2.24. The van der Waals surface area contributed by atoms with Crippen LogP contribution in [0.5, 0.6) is 0 Å². The lowest BCUT2D eigenvalue weighted by atomic mass is 10.0. The molecule has 0 amide bonds. The largest absolute Gasteiger partial charge is 0.295 e. The zero-order chi connectivity index (χ0) is 22.0. The highest BCUT2D eigenvalue weighted by atomic mass is 15.1. The molecule has 2 aromatic carbocycles. The summed E-state index contributed by atoms with van der Waals surface area (Å²) in [6.07, 6.45) is 14.7. The zero-order valence-corrected chi connectivity index (χ0v) is 19.4. The fraction of sp³-hybridized carbons (Fsp3) is 0.483. The van der Waals surface area contributed by atoms with Gasteiger partial charge in [-0.1, -0.05) is 111 Å². The van der Waals surface area contributed by atoms with Crippen LogP contribution < -0.4 is 0 Å². The summed E-state index contributed by atoms with van der Waals surface area (Å²) in [7, 11) is 0. The van der Waals surface area contributed by atoms with Crippen molar-refractivity contribution in [3.05, 3.63) is 83.4 Å². The van der Waals surface area contributed by atoms with E-state index in [1.165, 1.54) is 81.0 Å². The second kappa shape index (κ2) is 16.3. The molecule has 0 aliphatic carbocycles. The van der Waals surface area contributed by atoms with Crippen LogP contribution in [-0.4, -0.2) is 11.4 Å². The van der Waals surface area contributed by atoms with Gasteiger partial charge in [0.1, 0.15) is 0 Å². The van der Waals surface area contributed by atoms with Crippen molar-refractivity contribution >= 4 is 0 Å². The average molecular weight is 417 g/mol. The van der Waals surface area contributed by atoms with E-state index in [1.807, 2.05) is 0 Å². The number of benzene rings is 2. The first kappa shape index (κ1) is 24.9. The Kier molecular flexibility index (Phi) is 13.1. The molecule has 2 heteroatoms. The first-order valence-electron chi connectivity index (χ1n) is 12.1. The van der Waals surface area contributed by atoms with Crippen LogP contribution in [0.2, 0.25) is 0 Å². The number of hydrogen-bond acceptors (Lipinski definition) is 2. The van der Waals surface area contributed by atoms with Gasteiger partial charge in [-0.05, 0) is 43.9 Å². The molecule has 2 aromatic rings. The van der Waals surface area contributed by atoms with E-state index in [0.717, 1.165) is 19.5 Å². The Bertz CT molecular complexity index is 717. The van der Waals surface area contributed by atoms with Crippen molar-refractivity contribution in [2.75, 3.05) is 6.54 Å².